The Kier molecular flexibility index (Phi) is 4.58. The molecule has 0 aromatic heterocycles. The van der Waals surface area contributed by atoms with Gasteiger partial charge in [0.05, 0.1) is 12.7 Å². The van der Waals surface area contributed by atoms with E-state index < -0.39 is 0 Å². The van der Waals surface area contributed by atoms with Gasteiger partial charge in [-0.05, 0) is 33.5 Å². The highest BCUT2D eigenvalue weighted by Crippen LogP contribution is 2.14. The van der Waals surface area contributed by atoms with Gasteiger partial charge in [0.1, 0.15) is 0 Å². The van der Waals surface area contributed by atoms with Gasteiger partial charge in [0.2, 0.25) is 0 Å². The molecule has 16 heavy (non-hydrogen) atoms. The predicted octanol–water partition coefficient (Wildman–Crippen LogP) is 0.000800. The number of hydrogen-bond acceptors (Lipinski definition) is 4. The fraction of sp³-hybridized carbons (Fsp3) is 1.00. The van der Waals surface area contributed by atoms with Crippen LogP contribution in [0.1, 0.15) is 12.8 Å². The Morgan fingerprint density at radius 2 is 2.38 bits per heavy atom. The smallest absolute Gasteiger partial charge is 0.0826 e. The van der Waals surface area contributed by atoms with E-state index in [0.29, 0.717) is 12.1 Å². The maximum absolute atomic E-state index is 5.75. The number of hydrogen-bond donors (Lipinski definition) is 1. The Labute approximate surface area is 98.9 Å². The highest BCUT2D eigenvalue weighted by atomic mass is 16.5. The van der Waals surface area contributed by atoms with Gasteiger partial charge in [0, 0.05) is 32.2 Å². The molecule has 0 radical (unpaired) electrons. The van der Waals surface area contributed by atoms with Crippen LogP contribution in [-0.2, 0) is 4.74 Å². The molecule has 2 atom stereocenters. The average Bonchev–Trinajstić information content (AvgIpc) is 2.30. The van der Waals surface area contributed by atoms with Gasteiger partial charge in [-0.1, -0.05) is 0 Å². The molecule has 0 aliphatic carbocycles. The van der Waals surface area contributed by atoms with Crippen molar-refractivity contribution in [3.05, 3.63) is 0 Å². The normalized spacial score (nSPS) is 33.2. The molecule has 94 valence electrons. The van der Waals surface area contributed by atoms with Gasteiger partial charge in [-0.25, -0.2) is 0 Å². The van der Waals surface area contributed by atoms with Crippen molar-refractivity contribution in [3.63, 3.8) is 0 Å². The average molecular weight is 227 g/mol. The molecule has 0 aromatic rings. The highest BCUT2D eigenvalue weighted by molar-refractivity contribution is 4.80. The third-order valence-electron chi connectivity index (χ3n) is 3.72. The van der Waals surface area contributed by atoms with Gasteiger partial charge in [-0.15, -0.1) is 0 Å². The van der Waals surface area contributed by atoms with E-state index in [9.17, 15) is 0 Å². The first-order chi connectivity index (χ1) is 7.75. The van der Waals surface area contributed by atoms with Crippen LogP contribution < -0.4 is 5.32 Å². The van der Waals surface area contributed by atoms with Crippen LogP contribution in [0.25, 0.3) is 0 Å². The summed E-state index contributed by atoms with van der Waals surface area (Å²) in [5, 5.41) is 3.39. The maximum Gasteiger partial charge on any atom is 0.0826 e. The number of likely N-dealkylation sites (N-methyl/N-ethyl adjacent to an activating group) is 2. The lowest BCUT2D eigenvalue weighted by Crippen LogP contribution is -2.50. The lowest BCUT2D eigenvalue weighted by molar-refractivity contribution is -0.00350. The van der Waals surface area contributed by atoms with Gasteiger partial charge in [0.25, 0.3) is 0 Å². The van der Waals surface area contributed by atoms with Crippen molar-refractivity contribution >= 4 is 0 Å². The predicted molar refractivity (Wildman–Crippen MR) is 65.8 cm³/mol. The van der Waals surface area contributed by atoms with Crippen LogP contribution in [0.2, 0.25) is 0 Å². The van der Waals surface area contributed by atoms with Crippen molar-refractivity contribution in [2.24, 2.45) is 0 Å². The number of morpholine rings is 1. The van der Waals surface area contributed by atoms with Crippen molar-refractivity contribution < 1.29 is 4.74 Å². The standard InChI is InChI=1S/C12H25N3O/c1-14-6-3-4-11(9-14)15(2)10-12-8-13-5-7-16-12/h11-13H,3-10H2,1-2H3. The van der Waals surface area contributed by atoms with Crippen LogP contribution in [0, 0.1) is 0 Å². The van der Waals surface area contributed by atoms with Crippen LogP contribution in [0.3, 0.4) is 0 Å². The third-order valence-corrected chi connectivity index (χ3v) is 3.72. The van der Waals surface area contributed by atoms with E-state index in [2.05, 4.69) is 29.2 Å². The Bertz CT molecular complexity index is 206. The summed E-state index contributed by atoms with van der Waals surface area (Å²) in [5.74, 6) is 0. The number of nitrogens with zero attached hydrogens (tertiary/aromatic N) is 2. The molecule has 2 aliphatic rings. The second-order valence-corrected chi connectivity index (χ2v) is 5.19. The number of rotatable bonds is 3. The van der Waals surface area contributed by atoms with Crippen LogP contribution >= 0.6 is 0 Å². The minimum absolute atomic E-state index is 0.381. The van der Waals surface area contributed by atoms with E-state index in [1.807, 2.05) is 0 Å². The molecule has 2 rings (SSSR count). The zero-order valence-corrected chi connectivity index (χ0v) is 10.6. The second kappa shape index (κ2) is 5.96. The molecule has 0 bridgehead atoms. The van der Waals surface area contributed by atoms with Crippen LogP contribution in [0.15, 0.2) is 0 Å². The molecule has 2 saturated heterocycles. The Morgan fingerprint density at radius 3 is 3.06 bits per heavy atom. The quantitative estimate of drug-likeness (QED) is 0.734. The zero-order valence-electron chi connectivity index (χ0n) is 10.6. The first kappa shape index (κ1) is 12.3. The summed E-state index contributed by atoms with van der Waals surface area (Å²) in [6.07, 6.45) is 3.04. The monoisotopic (exact) mass is 227 g/mol. The molecule has 4 nitrogen and oxygen atoms in total. The largest absolute Gasteiger partial charge is 0.374 e. The maximum atomic E-state index is 5.75. The van der Waals surface area contributed by atoms with Crippen molar-refractivity contribution in [2.75, 3.05) is 53.4 Å². The highest BCUT2D eigenvalue weighted by Gasteiger charge is 2.24. The van der Waals surface area contributed by atoms with Crippen LogP contribution in [-0.4, -0.2) is 75.4 Å². The number of ether oxygens (including phenoxy) is 1. The fourth-order valence-electron chi connectivity index (χ4n) is 2.71. The summed E-state index contributed by atoms with van der Waals surface area (Å²) < 4.78 is 5.75. The van der Waals surface area contributed by atoms with E-state index in [4.69, 9.17) is 4.74 Å². The number of nitrogens with one attached hydrogen (secondary N) is 1. The lowest BCUT2D eigenvalue weighted by atomic mass is 10.0. The van der Waals surface area contributed by atoms with E-state index >= 15 is 0 Å². The molecule has 1 N–H and O–H groups in total. The summed E-state index contributed by atoms with van der Waals surface area (Å²) in [6.45, 7) is 6.40. The van der Waals surface area contributed by atoms with Crippen LogP contribution in [0.5, 0.6) is 0 Å². The van der Waals surface area contributed by atoms with Crippen molar-refractivity contribution in [3.8, 4) is 0 Å². The molecular weight excluding hydrogens is 202 g/mol. The zero-order chi connectivity index (χ0) is 11.4. The third kappa shape index (κ3) is 3.42. The molecule has 4 heteroatoms. The lowest BCUT2D eigenvalue weighted by Gasteiger charge is -2.38. The molecule has 2 heterocycles. The van der Waals surface area contributed by atoms with E-state index in [0.717, 1.165) is 26.2 Å². The minimum atomic E-state index is 0.381. The molecule has 2 aliphatic heterocycles. The summed E-state index contributed by atoms with van der Waals surface area (Å²) in [4.78, 5) is 4.91. The Hall–Kier alpha value is -0.160. The first-order valence-corrected chi connectivity index (χ1v) is 6.47. The Morgan fingerprint density at radius 1 is 1.50 bits per heavy atom. The molecule has 0 spiro atoms. The molecule has 0 aromatic carbocycles. The van der Waals surface area contributed by atoms with Crippen molar-refractivity contribution in [1.82, 2.24) is 15.1 Å². The first-order valence-electron chi connectivity index (χ1n) is 6.47. The SMILES string of the molecule is CN1CCCC(N(C)CC2CNCCO2)C1. The van der Waals surface area contributed by atoms with Crippen molar-refractivity contribution in [2.45, 2.75) is 25.0 Å². The molecule has 2 unspecified atom stereocenters. The molecular formula is C12H25N3O. The molecule has 2 fully saturated rings. The summed E-state index contributed by atoms with van der Waals surface area (Å²) >= 11 is 0. The van der Waals surface area contributed by atoms with E-state index in [1.54, 1.807) is 0 Å². The summed E-state index contributed by atoms with van der Waals surface area (Å²) in [6, 6.07) is 0.712. The number of likely N-dealkylation sites (tertiary alicyclic amines) is 1. The van der Waals surface area contributed by atoms with Gasteiger partial charge < -0.3 is 15.0 Å². The minimum Gasteiger partial charge on any atom is -0.374 e. The van der Waals surface area contributed by atoms with Gasteiger partial charge >= 0.3 is 0 Å². The second-order valence-electron chi connectivity index (χ2n) is 5.19. The topological polar surface area (TPSA) is 27.7 Å². The summed E-state index contributed by atoms with van der Waals surface area (Å²) in [5.41, 5.74) is 0. The van der Waals surface area contributed by atoms with Gasteiger partial charge in [-0.3, -0.25) is 4.90 Å². The Balaban J connectivity index is 1.75. The van der Waals surface area contributed by atoms with Crippen LogP contribution in [0.4, 0.5) is 0 Å². The van der Waals surface area contributed by atoms with Gasteiger partial charge in [0.15, 0.2) is 0 Å². The number of piperidine rings is 1. The van der Waals surface area contributed by atoms with Gasteiger partial charge in [-0.2, -0.15) is 0 Å². The van der Waals surface area contributed by atoms with E-state index in [1.165, 1.54) is 25.9 Å². The van der Waals surface area contributed by atoms with Crippen molar-refractivity contribution in [1.29, 1.82) is 0 Å². The molecule has 0 saturated carbocycles. The fourth-order valence-corrected chi connectivity index (χ4v) is 2.71. The summed E-state index contributed by atoms with van der Waals surface area (Å²) in [7, 11) is 4.46. The van der Waals surface area contributed by atoms with E-state index in [-0.39, 0.29) is 0 Å². The molecule has 0 amide bonds.